The standard InChI is InChI=1S/C12H10F3N5O/c1-7-5-17-10(21-7)6-18-11-8-4-9(12(13,14)15)19-20(8)3-2-16-11/h2-5H,6H2,1H3,(H,16,18). The number of aromatic nitrogens is 4. The molecule has 0 radical (unpaired) electrons. The van der Waals surface area contributed by atoms with Crippen molar-refractivity contribution in [2.24, 2.45) is 0 Å². The van der Waals surface area contributed by atoms with E-state index in [9.17, 15) is 13.2 Å². The van der Waals surface area contributed by atoms with E-state index in [1.54, 1.807) is 13.1 Å². The number of hydrogen-bond donors (Lipinski definition) is 1. The zero-order valence-corrected chi connectivity index (χ0v) is 10.8. The summed E-state index contributed by atoms with van der Waals surface area (Å²) in [7, 11) is 0. The molecule has 0 aliphatic carbocycles. The minimum Gasteiger partial charge on any atom is -0.444 e. The summed E-state index contributed by atoms with van der Waals surface area (Å²) >= 11 is 0. The Bertz CT molecular complexity index is 777. The van der Waals surface area contributed by atoms with Crippen LogP contribution in [-0.4, -0.2) is 19.6 Å². The maximum atomic E-state index is 12.7. The van der Waals surface area contributed by atoms with Gasteiger partial charge in [0.05, 0.1) is 12.7 Å². The van der Waals surface area contributed by atoms with Crippen LogP contribution in [-0.2, 0) is 12.7 Å². The number of alkyl halides is 3. The molecule has 3 rings (SSSR count). The number of anilines is 1. The summed E-state index contributed by atoms with van der Waals surface area (Å²) in [5.41, 5.74) is -0.737. The molecule has 110 valence electrons. The largest absolute Gasteiger partial charge is 0.444 e. The van der Waals surface area contributed by atoms with E-state index >= 15 is 0 Å². The monoisotopic (exact) mass is 297 g/mol. The zero-order valence-electron chi connectivity index (χ0n) is 10.8. The number of fused-ring (bicyclic) bond motifs is 1. The van der Waals surface area contributed by atoms with Gasteiger partial charge in [0, 0.05) is 18.5 Å². The molecule has 3 aromatic rings. The van der Waals surface area contributed by atoms with Crippen LogP contribution in [0.2, 0.25) is 0 Å². The molecule has 0 spiro atoms. The van der Waals surface area contributed by atoms with E-state index in [0.29, 0.717) is 11.7 Å². The molecule has 0 aromatic carbocycles. The van der Waals surface area contributed by atoms with Crippen LogP contribution in [0.5, 0.6) is 0 Å². The Morgan fingerprint density at radius 1 is 1.33 bits per heavy atom. The van der Waals surface area contributed by atoms with Gasteiger partial charge in [-0.1, -0.05) is 0 Å². The molecule has 1 N–H and O–H groups in total. The zero-order chi connectivity index (χ0) is 15.0. The third kappa shape index (κ3) is 2.67. The fraction of sp³-hybridized carbons (Fsp3) is 0.250. The Morgan fingerprint density at radius 3 is 2.81 bits per heavy atom. The van der Waals surface area contributed by atoms with Crippen molar-refractivity contribution in [3.05, 3.63) is 42.0 Å². The van der Waals surface area contributed by atoms with Crippen molar-refractivity contribution < 1.29 is 17.6 Å². The van der Waals surface area contributed by atoms with Gasteiger partial charge in [-0.3, -0.25) is 0 Å². The lowest BCUT2D eigenvalue weighted by Crippen LogP contribution is -2.05. The summed E-state index contributed by atoms with van der Waals surface area (Å²) in [6.07, 6.45) is -0.219. The van der Waals surface area contributed by atoms with Crippen LogP contribution < -0.4 is 5.32 Å². The van der Waals surface area contributed by atoms with Gasteiger partial charge >= 0.3 is 6.18 Å². The van der Waals surface area contributed by atoms with E-state index in [2.05, 4.69) is 20.4 Å². The van der Waals surface area contributed by atoms with E-state index < -0.39 is 11.9 Å². The third-order valence-electron chi connectivity index (χ3n) is 2.76. The summed E-state index contributed by atoms with van der Waals surface area (Å²) in [6.45, 7) is 1.97. The summed E-state index contributed by atoms with van der Waals surface area (Å²) < 4.78 is 44.4. The van der Waals surface area contributed by atoms with Crippen LogP contribution >= 0.6 is 0 Å². The van der Waals surface area contributed by atoms with Crippen LogP contribution in [0.3, 0.4) is 0 Å². The number of rotatable bonds is 3. The Kier molecular flexibility index (Phi) is 3.04. The van der Waals surface area contributed by atoms with Gasteiger partial charge in [-0.25, -0.2) is 14.5 Å². The topological polar surface area (TPSA) is 68.2 Å². The molecular weight excluding hydrogens is 287 g/mol. The van der Waals surface area contributed by atoms with Crippen molar-refractivity contribution in [2.75, 3.05) is 5.32 Å². The minimum atomic E-state index is -4.50. The van der Waals surface area contributed by atoms with Crippen molar-refractivity contribution in [1.82, 2.24) is 19.6 Å². The lowest BCUT2D eigenvalue weighted by Gasteiger charge is -2.04. The molecule has 0 fully saturated rings. The highest BCUT2D eigenvalue weighted by molar-refractivity contribution is 5.67. The third-order valence-corrected chi connectivity index (χ3v) is 2.76. The minimum absolute atomic E-state index is 0.215. The highest BCUT2D eigenvalue weighted by Crippen LogP contribution is 2.30. The number of nitrogens with zero attached hydrogens (tertiary/aromatic N) is 4. The van der Waals surface area contributed by atoms with Crippen LogP contribution in [0.4, 0.5) is 19.0 Å². The quantitative estimate of drug-likeness (QED) is 0.805. The molecule has 0 aliphatic rings. The van der Waals surface area contributed by atoms with Crippen LogP contribution in [0, 0.1) is 6.92 Å². The van der Waals surface area contributed by atoms with Crippen LogP contribution in [0.25, 0.3) is 5.52 Å². The van der Waals surface area contributed by atoms with Crippen molar-refractivity contribution in [1.29, 1.82) is 0 Å². The van der Waals surface area contributed by atoms with Gasteiger partial charge in [-0.15, -0.1) is 0 Å². The molecule has 6 nitrogen and oxygen atoms in total. The normalized spacial score (nSPS) is 12.0. The van der Waals surface area contributed by atoms with E-state index in [0.717, 1.165) is 10.6 Å². The Morgan fingerprint density at radius 2 is 2.14 bits per heavy atom. The van der Waals surface area contributed by atoms with Crippen molar-refractivity contribution >= 4 is 11.3 Å². The lowest BCUT2D eigenvalue weighted by atomic mass is 10.3. The van der Waals surface area contributed by atoms with Gasteiger partial charge in [-0.2, -0.15) is 18.3 Å². The van der Waals surface area contributed by atoms with Gasteiger partial charge in [0.25, 0.3) is 0 Å². The van der Waals surface area contributed by atoms with E-state index in [1.165, 1.54) is 12.4 Å². The molecule has 3 aromatic heterocycles. The van der Waals surface area contributed by atoms with Crippen LogP contribution in [0.1, 0.15) is 17.3 Å². The molecule has 0 amide bonds. The SMILES string of the molecule is Cc1cnc(CNc2nccn3nc(C(F)(F)F)cc23)o1. The fourth-order valence-corrected chi connectivity index (χ4v) is 1.84. The van der Waals surface area contributed by atoms with E-state index in [-0.39, 0.29) is 17.9 Å². The fourth-order valence-electron chi connectivity index (χ4n) is 1.84. The Hall–Kier alpha value is -2.58. The first-order valence-corrected chi connectivity index (χ1v) is 6.00. The van der Waals surface area contributed by atoms with E-state index in [1.807, 2.05) is 0 Å². The van der Waals surface area contributed by atoms with Gasteiger partial charge in [0.15, 0.2) is 11.5 Å². The van der Waals surface area contributed by atoms with Crippen molar-refractivity contribution in [3.63, 3.8) is 0 Å². The smallest absolute Gasteiger partial charge is 0.435 e. The number of oxazole rings is 1. The van der Waals surface area contributed by atoms with Crippen molar-refractivity contribution in [2.45, 2.75) is 19.6 Å². The van der Waals surface area contributed by atoms with E-state index in [4.69, 9.17) is 4.42 Å². The Balaban J connectivity index is 1.89. The maximum Gasteiger partial charge on any atom is 0.435 e. The average Bonchev–Trinajstić information content (AvgIpc) is 3.01. The predicted octanol–water partition coefficient (Wildman–Crippen LogP) is 2.66. The highest BCUT2D eigenvalue weighted by Gasteiger charge is 2.34. The maximum absolute atomic E-state index is 12.7. The first-order chi connectivity index (χ1) is 9.93. The molecule has 9 heteroatoms. The first-order valence-electron chi connectivity index (χ1n) is 6.00. The molecule has 21 heavy (non-hydrogen) atoms. The lowest BCUT2D eigenvalue weighted by molar-refractivity contribution is -0.141. The summed E-state index contributed by atoms with van der Waals surface area (Å²) in [6, 6.07) is 0.941. The summed E-state index contributed by atoms with van der Waals surface area (Å²) in [5.74, 6) is 1.35. The average molecular weight is 297 g/mol. The highest BCUT2D eigenvalue weighted by atomic mass is 19.4. The summed E-state index contributed by atoms with van der Waals surface area (Å²) in [5, 5.41) is 6.36. The molecule has 0 saturated heterocycles. The molecule has 0 saturated carbocycles. The molecule has 0 aliphatic heterocycles. The second-order valence-electron chi connectivity index (χ2n) is 4.35. The Labute approximate surface area is 116 Å². The number of halogens is 3. The first kappa shape index (κ1) is 13.4. The second-order valence-corrected chi connectivity index (χ2v) is 4.35. The van der Waals surface area contributed by atoms with Gasteiger partial charge in [-0.05, 0) is 6.92 Å². The molecule has 3 heterocycles. The number of nitrogens with one attached hydrogen (secondary N) is 1. The second kappa shape index (κ2) is 4.76. The number of hydrogen-bond acceptors (Lipinski definition) is 5. The predicted molar refractivity (Wildman–Crippen MR) is 66.6 cm³/mol. The van der Waals surface area contributed by atoms with Gasteiger partial charge in [0.2, 0.25) is 5.89 Å². The van der Waals surface area contributed by atoms with Crippen LogP contribution in [0.15, 0.2) is 29.1 Å². The molecule has 0 unspecified atom stereocenters. The summed E-state index contributed by atoms with van der Waals surface area (Å²) in [4.78, 5) is 8.01. The molecule has 0 bridgehead atoms. The van der Waals surface area contributed by atoms with Crippen molar-refractivity contribution in [3.8, 4) is 0 Å². The van der Waals surface area contributed by atoms with Gasteiger partial charge in [0.1, 0.15) is 11.3 Å². The number of aryl methyl sites for hydroxylation is 1. The van der Waals surface area contributed by atoms with Gasteiger partial charge < -0.3 is 9.73 Å². The molecular formula is C12H10F3N5O. The molecule has 0 atom stereocenters.